The molecule has 0 aromatic carbocycles. The van der Waals surface area contributed by atoms with Crippen molar-refractivity contribution in [1.29, 1.82) is 0 Å². The maximum atomic E-state index is 12.4. The van der Waals surface area contributed by atoms with Crippen molar-refractivity contribution in [3.05, 3.63) is 62.0 Å². The van der Waals surface area contributed by atoms with Crippen molar-refractivity contribution in [3.8, 4) is 0 Å². The first-order chi connectivity index (χ1) is 12.0. The maximum Gasteiger partial charge on any atom is 0.350 e. The van der Waals surface area contributed by atoms with Crippen molar-refractivity contribution in [2.75, 3.05) is 0 Å². The highest BCUT2D eigenvalue weighted by Crippen LogP contribution is 2.05. The lowest BCUT2D eigenvalue weighted by molar-refractivity contribution is 0.525. The van der Waals surface area contributed by atoms with E-state index in [0.29, 0.717) is 23.4 Å². The van der Waals surface area contributed by atoms with Gasteiger partial charge in [-0.15, -0.1) is 5.10 Å². The molecule has 0 N–H and O–H groups in total. The number of imidazole rings is 1. The van der Waals surface area contributed by atoms with Crippen LogP contribution < -0.4 is 16.9 Å². The second-order valence-corrected chi connectivity index (χ2v) is 5.75. The van der Waals surface area contributed by atoms with Crippen molar-refractivity contribution in [1.82, 2.24) is 32.9 Å². The number of rotatable bonds is 3. The molecule has 0 fully saturated rings. The molecule has 25 heavy (non-hydrogen) atoms. The van der Waals surface area contributed by atoms with Crippen LogP contribution in [0, 0.1) is 0 Å². The molecule has 4 rings (SSSR count). The summed E-state index contributed by atoms with van der Waals surface area (Å²) in [6.07, 6.45) is 3.14. The molecule has 0 atom stereocenters. The van der Waals surface area contributed by atoms with Gasteiger partial charge in [0.1, 0.15) is 0 Å². The van der Waals surface area contributed by atoms with Gasteiger partial charge in [0.25, 0.3) is 5.56 Å². The lowest BCUT2D eigenvalue weighted by atomic mass is 10.5. The van der Waals surface area contributed by atoms with Crippen molar-refractivity contribution >= 4 is 16.8 Å². The number of aromatic nitrogens is 7. The largest absolute Gasteiger partial charge is 0.350 e. The molecule has 0 saturated carbocycles. The number of nitrogens with zero attached hydrogens (tertiary/aromatic N) is 7. The molecule has 0 aliphatic carbocycles. The molecule has 0 saturated heterocycles. The lowest BCUT2D eigenvalue weighted by Crippen LogP contribution is -2.37. The zero-order valence-corrected chi connectivity index (χ0v) is 13.7. The predicted octanol–water partition coefficient (Wildman–Crippen LogP) is -1.06. The van der Waals surface area contributed by atoms with Gasteiger partial charge in [-0.05, 0) is 12.1 Å². The van der Waals surface area contributed by atoms with Crippen LogP contribution in [-0.2, 0) is 27.2 Å². The Morgan fingerprint density at radius 2 is 1.80 bits per heavy atom. The fourth-order valence-corrected chi connectivity index (χ4v) is 2.88. The van der Waals surface area contributed by atoms with Gasteiger partial charge in [-0.1, -0.05) is 6.07 Å². The number of hydrogen-bond acceptors (Lipinski definition) is 5. The normalized spacial score (nSPS) is 11.6. The highest BCUT2D eigenvalue weighted by atomic mass is 16.2. The van der Waals surface area contributed by atoms with E-state index in [2.05, 4.69) is 10.1 Å². The van der Waals surface area contributed by atoms with Crippen molar-refractivity contribution in [3.63, 3.8) is 0 Å². The summed E-state index contributed by atoms with van der Waals surface area (Å²) in [5.74, 6) is 0. The molecule has 0 bridgehead atoms. The molecule has 4 aromatic heterocycles. The zero-order chi connectivity index (χ0) is 17.7. The van der Waals surface area contributed by atoms with Gasteiger partial charge in [0.05, 0.1) is 12.9 Å². The standard InChI is InChI=1S/C15H15N7O3/c1-18-12-11(13(23)19(2)14(18)24)20(9-16-12)7-8-22-15(25)21-6-4-3-5-10(21)17-22/h3-6,9H,7-8H2,1-2H3. The molecule has 0 unspecified atom stereocenters. The van der Waals surface area contributed by atoms with Gasteiger partial charge in [-0.2, -0.15) is 0 Å². The first-order valence-corrected chi connectivity index (χ1v) is 7.64. The smallest absolute Gasteiger partial charge is 0.323 e. The topological polar surface area (TPSA) is 101 Å². The summed E-state index contributed by atoms with van der Waals surface area (Å²) in [6.45, 7) is 0.603. The fourth-order valence-electron chi connectivity index (χ4n) is 2.88. The van der Waals surface area contributed by atoms with E-state index >= 15 is 0 Å². The first kappa shape index (κ1) is 15.1. The summed E-state index contributed by atoms with van der Waals surface area (Å²) in [4.78, 5) is 40.8. The Hall–Kier alpha value is -3.43. The maximum absolute atomic E-state index is 12.4. The zero-order valence-electron chi connectivity index (χ0n) is 13.7. The highest BCUT2D eigenvalue weighted by Gasteiger charge is 2.14. The summed E-state index contributed by atoms with van der Waals surface area (Å²) in [6, 6.07) is 5.31. The molecule has 0 amide bonds. The fraction of sp³-hybridized carbons (Fsp3) is 0.267. The molecule has 10 nitrogen and oxygen atoms in total. The van der Waals surface area contributed by atoms with Gasteiger partial charge in [-0.25, -0.2) is 19.3 Å². The van der Waals surface area contributed by atoms with Crippen molar-refractivity contribution < 1.29 is 0 Å². The lowest BCUT2D eigenvalue weighted by Gasteiger charge is -2.06. The molecule has 0 spiro atoms. The van der Waals surface area contributed by atoms with E-state index in [9.17, 15) is 14.4 Å². The van der Waals surface area contributed by atoms with E-state index in [4.69, 9.17) is 0 Å². The van der Waals surface area contributed by atoms with Gasteiger partial charge in [0.15, 0.2) is 16.8 Å². The van der Waals surface area contributed by atoms with Gasteiger partial charge < -0.3 is 4.57 Å². The molecule has 0 aliphatic rings. The van der Waals surface area contributed by atoms with Crippen LogP contribution in [0.25, 0.3) is 16.8 Å². The number of aryl methyl sites for hydroxylation is 3. The Morgan fingerprint density at radius 1 is 1.00 bits per heavy atom. The van der Waals surface area contributed by atoms with E-state index in [1.807, 2.05) is 0 Å². The molecular formula is C15H15N7O3. The van der Waals surface area contributed by atoms with Gasteiger partial charge in [0, 0.05) is 26.8 Å². The van der Waals surface area contributed by atoms with E-state index in [1.165, 1.54) is 27.0 Å². The third-order valence-corrected chi connectivity index (χ3v) is 4.26. The van der Waals surface area contributed by atoms with Gasteiger partial charge in [0.2, 0.25) is 0 Å². The Labute approximate surface area is 139 Å². The van der Waals surface area contributed by atoms with Crippen LogP contribution in [0.3, 0.4) is 0 Å². The Morgan fingerprint density at radius 3 is 2.56 bits per heavy atom. The molecular weight excluding hydrogens is 326 g/mol. The predicted molar refractivity (Wildman–Crippen MR) is 89.7 cm³/mol. The average Bonchev–Trinajstić information content (AvgIpc) is 3.18. The molecule has 0 aliphatic heterocycles. The van der Waals surface area contributed by atoms with E-state index in [0.717, 1.165) is 4.57 Å². The molecule has 0 radical (unpaired) electrons. The Kier molecular flexibility index (Phi) is 3.20. The second-order valence-electron chi connectivity index (χ2n) is 5.75. The summed E-state index contributed by atoms with van der Waals surface area (Å²) in [5, 5.41) is 4.26. The number of hydrogen-bond donors (Lipinski definition) is 0. The van der Waals surface area contributed by atoms with Crippen LogP contribution >= 0.6 is 0 Å². The summed E-state index contributed by atoms with van der Waals surface area (Å²) >= 11 is 0. The van der Waals surface area contributed by atoms with Gasteiger partial charge in [-0.3, -0.25) is 18.3 Å². The SMILES string of the molecule is Cn1c(=O)c2c(ncn2CCn2nc3ccccn3c2=O)n(C)c1=O. The van der Waals surface area contributed by atoms with Crippen molar-refractivity contribution in [2.24, 2.45) is 14.1 Å². The van der Waals surface area contributed by atoms with Crippen molar-refractivity contribution in [2.45, 2.75) is 13.1 Å². The summed E-state index contributed by atoms with van der Waals surface area (Å²) < 4.78 is 6.79. The number of fused-ring (bicyclic) bond motifs is 2. The van der Waals surface area contributed by atoms with E-state index in [1.54, 1.807) is 36.0 Å². The summed E-state index contributed by atoms with van der Waals surface area (Å²) in [5.41, 5.74) is 0.0933. The summed E-state index contributed by atoms with van der Waals surface area (Å²) in [7, 11) is 2.99. The third-order valence-electron chi connectivity index (χ3n) is 4.26. The molecule has 4 aromatic rings. The average molecular weight is 341 g/mol. The van der Waals surface area contributed by atoms with Crippen LogP contribution in [0.15, 0.2) is 45.1 Å². The van der Waals surface area contributed by atoms with E-state index in [-0.39, 0.29) is 12.2 Å². The second kappa shape index (κ2) is 5.30. The Balaban J connectivity index is 1.77. The minimum Gasteiger partial charge on any atom is -0.323 e. The van der Waals surface area contributed by atoms with Crippen LogP contribution in [0.4, 0.5) is 0 Å². The van der Waals surface area contributed by atoms with E-state index < -0.39 is 11.2 Å². The minimum atomic E-state index is -0.431. The van der Waals surface area contributed by atoms with Crippen LogP contribution in [0.2, 0.25) is 0 Å². The van der Waals surface area contributed by atoms with Gasteiger partial charge >= 0.3 is 11.4 Å². The Bertz CT molecular complexity index is 1280. The van der Waals surface area contributed by atoms with Crippen LogP contribution in [0.5, 0.6) is 0 Å². The first-order valence-electron chi connectivity index (χ1n) is 7.64. The molecule has 10 heteroatoms. The minimum absolute atomic E-state index is 0.250. The highest BCUT2D eigenvalue weighted by molar-refractivity contribution is 5.69. The van der Waals surface area contributed by atoms with Crippen LogP contribution in [0.1, 0.15) is 0 Å². The molecule has 128 valence electrons. The quantitative estimate of drug-likeness (QED) is 0.473. The monoisotopic (exact) mass is 341 g/mol. The molecule has 4 heterocycles. The third kappa shape index (κ3) is 2.14. The van der Waals surface area contributed by atoms with Crippen LogP contribution in [-0.4, -0.2) is 32.9 Å². The number of pyridine rings is 1.